The first-order valence-corrected chi connectivity index (χ1v) is 10.0. The zero-order valence-corrected chi connectivity index (χ0v) is 17.9. The molecule has 0 aliphatic carbocycles. The Kier molecular flexibility index (Phi) is 5.48. The summed E-state index contributed by atoms with van der Waals surface area (Å²) in [7, 11) is 1.67. The SMILES string of the molecule is Cc1cc2n(n1)CC[C@H](NC(=O)c1ncn(Cc3ccc(Cl)cc3Cl)n1)C(=O)N2C. The summed E-state index contributed by atoms with van der Waals surface area (Å²) in [5.74, 6) is -0.0438. The van der Waals surface area contributed by atoms with Crippen LogP contribution >= 0.6 is 23.2 Å². The fourth-order valence-corrected chi connectivity index (χ4v) is 3.81. The quantitative estimate of drug-likeness (QED) is 0.661. The first-order chi connectivity index (χ1) is 14.3. The lowest BCUT2D eigenvalue weighted by atomic mass is 10.2. The molecule has 4 rings (SSSR count). The highest BCUT2D eigenvalue weighted by atomic mass is 35.5. The molecule has 2 amide bonds. The predicted molar refractivity (Wildman–Crippen MR) is 112 cm³/mol. The Bertz CT molecular complexity index is 1120. The van der Waals surface area contributed by atoms with Gasteiger partial charge in [0.1, 0.15) is 18.2 Å². The van der Waals surface area contributed by atoms with Crippen molar-refractivity contribution in [3.8, 4) is 0 Å². The van der Waals surface area contributed by atoms with E-state index in [0.29, 0.717) is 35.4 Å². The number of rotatable bonds is 4. The average Bonchev–Trinajstić information content (AvgIpc) is 3.30. The van der Waals surface area contributed by atoms with Crippen LogP contribution in [0.25, 0.3) is 0 Å². The topological polar surface area (TPSA) is 97.9 Å². The lowest BCUT2D eigenvalue weighted by molar-refractivity contribution is -0.120. The van der Waals surface area contributed by atoms with Crippen molar-refractivity contribution in [2.24, 2.45) is 0 Å². The first kappa shape index (κ1) is 20.4. The number of amides is 2. The summed E-state index contributed by atoms with van der Waals surface area (Å²) in [6, 6.07) is 6.31. The fraction of sp³-hybridized carbons (Fsp3) is 0.316. The van der Waals surface area contributed by atoms with Gasteiger partial charge in [0.15, 0.2) is 0 Å². The van der Waals surface area contributed by atoms with Crippen LogP contribution in [0, 0.1) is 6.92 Å². The number of fused-ring (bicyclic) bond motifs is 1. The van der Waals surface area contributed by atoms with Crippen molar-refractivity contribution in [1.29, 1.82) is 0 Å². The van der Waals surface area contributed by atoms with Crippen LogP contribution in [0.4, 0.5) is 5.82 Å². The number of carbonyl (C=O) groups is 2. The third kappa shape index (κ3) is 4.03. The highest BCUT2D eigenvalue weighted by molar-refractivity contribution is 6.35. The molecule has 2 aromatic heterocycles. The molecule has 1 N–H and O–H groups in total. The molecule has 0 saturated carbocycles. The Morgan fingerprint density at radius 1 is 1.27 bits per heavy atom. The molecule has 1 aliphatic heterocycles. The van der Waals surface area contributed by atoms with E-state index in [9.17, 15) is 9.59 Å². The molecule has 156 valence electrons. The van der Waals surface area contributed by atoms with E-state index < -0.39 is 11.9 Å². The maximum absolute atomic E-state index is 12.8. The molecule has 0 radical (unpaired) electrons. The Balaban J connectivity index is 1.44. The summed E-state index contributed by atoms with van der Waals surface area (Å²) < 4.78 is 3.27. The molecule has 9 nitrogen and oxygen atoms in total. The van der Waals surface area contributed by atoms with E-state index in [1.807, 2.05) is 13.0 Å². The number of aromatic nitrogens is 5. The zero-order valence-electron chi connectivity index (χ0n) is 16.3. The molecule has 3 aromatic rings. The number of nitrogens with one attached hydrogen (secondary N) is 1. The number of hydrogen-bond acceptors (Lipinski definition) is 5. The van der Waals surface area contributed by atoms with Crippen LogP contribution in [-0.2, 0) is 17.9 Å². The third-order valence-corrected chi connectivity index (χ3v) is 5.46. The van der Waals surface area contributed by atoms with Crippen LogP contribution in [0.15, 0.2) is 30.6 Å². The van der Waals surface area contributed by atoms with E-state index in [0.717, 1.165) is 11.3 Å². The van der Waals surface area contributed by atoms with Gasteiger partial charge in [0.25, 0.3) is 11.8 Å². The number of likely N-dealkylation sites (N-methyl/N-ethyl adjacent to an activating group) is 1. The molecule has 30 heavy (non-hydrogen) atoms. The van der Waals surface area contributed by atoms with E-state index in [1.165, 1.54) is 15.9 Å². The minimum atomic E-state index is -0.692. The van der Waals surface area contributed by atoms with E-state index >= 15 is 0 Å². The molecule has 0 saturated heterocycles. The molecule has 0 bridgehead atoms. The summed E-state index contributed by atoms with van der Waals surface area (Å²) in [5, 5.41) is 12.4. The summed E-state index contributed by atoms with van der Waals surface area (Å²) >= 11 is 12.1. The molecule has 1 atom stereocenters. The zero-order chi connectivity index (χ0) is 21.4. The van der Waals surface area contributed by atoms with E-state index in [-0.39, 0.29) is 11.7 Å². The minimum absolute atomic E-state index is 0.0200. The standard InChI is InChI=1S/C19H19Cl2N7O2/c1-11-7-16-26(2)19(30)15(5-6-28(16)24-11)23-18(29)17-22-10-27(25-17)9-12-3-4-13(20)8-14(12)21/h3-4,7-8,10,15H,5-6,9H2,1-2H3,(H,23,29)/t15-/m0/s1. The van der Waals surface area contributed by atoms with Crippen molar-refractivity contribution in [2.75, 3.05) is 11.9 Å². The van der Waals surface area contributed by atoms with Crippen molar-refractivity contribution >= 4 is 40.8 Å². The number of nitrogens with zero attached hydrogens (tertiary/aromatic N) is 6. The van der Waals surface area contributed by atoms with Gasteiger partial charge in [0.05, 0.1) is 12.2 Å². The highest BCUT2D eigenvalue weighted by Crippen LogP contribution is 2.22. The monoisotopic (exact) mass is 447 g/mol. The van der Waals surface area contributed by atoms with E-state index in [1.54, 1.807) is 29.9 Å². The van der Waals surface area contributed by atoms with Gasteiger partial charge in [-0.05, 0) is 31.0 Å². The second-order valence-corrected chi connectivity index (χ2v) is 7.92. The molecule has 0 fully saturated rings. The van der Waals surface area contributed by atoms with Crippen molar-refractivity contribution in [3.05, 3.63) is 57.7 Å². The number of anilines is 1. The second-order valence-electron chi connectivity index (χ2n) is 7.08. The highest BCUT2D eigenvalue weighted by Gasteiger charge is 2.31. The second kappa shape index (κ2) is 8.08. The molecular formula is C19H19Cl2N7O2. The maximum atomic E-state index is 12.8. The van der Waals surface area contributed by atoms with Crippen LogP contribution in [-0.4, -0.2) is 49.4 Å². The predicted octanol–water partition coefficient (Wildman–Crippen LogP) is 2.30. The Morgan fingerprint density at radius 3 is 2.83 bits per heavy atom. The van der Waals surface area contributed by atoms with Gasteiger partial charge in [-0.25, -0.2) is 14.3 Å². The summed E-state index contributed by atoms with van der Waals surface area (Å²) in [5.41, 5.74) is 1.63. The molecule has 1 aliphatic rings. The molecular weight excluding hydrogens is 429 g/mol. The summed E-state index contributed by atoms with van der Waals surface area (Å²) in [4.78, 5) is 31.0. The molecule has 0 spiro atoms. The summed E-state index contributed by atoms with van der Waals surface area (Å²) in [6.45, 7) is 2.72. The Labute approximate surface area is 182 Å². The van der Waals surface area contributed by atoms with Gasteiger partial charge in [0.2, 0.25) is 5.82 Å². The Hall–Kier alpha value is -2.91. The first-order valence-electron chi connectivity index (χ1n) is 9.28. The lowest BCUT2D eigenvalue weighted by Crippen LogP contribution is -2.47. The number of halogens is 2. The van der Waals surface area contributed by atoms with Crippen molar-refractivity contribution in [2.45, 2.75) is 32.5 Å². The fourth-order valence-electron chi connectivity index (χ4n) is 3.34. The van der Waals surface area contributed by atoms with E-state index in [2.05, 4.69) is 20.5 Å². The van der Waals surface area contributed by atoms with Gasteiger partial charge in [0, 0.05) is 29.7 Å². The molecule has 0 unspecified atom stereocenters. The van der Waals surface area contributed by atoms with Gasteiger partial charge >= 0.3 is 0 Å². The van der Waals surface area contributed by atoms with Crippen LogP contribution < -0.4 is 10.2 Å². The Morgan fingerprint density at radius 2 is 2.07 bits per heavy atom. The van der Waals surface area contributed by atoms with Crippen molar-refractivity contribution in [3.63, 3.8) is 0 Å². The van der Waals surface area contributed by atoms with Gasteiger partial charge in [-0.2, -0.15) is 5.10 Å². The lowest BCUT2D eigenvalue weighted by Gasteiger charge is -2.19. The van der Waals surface area contributed by atoms with Crippen molar-refractivity contribution < 1.29 is 9.59 Å². The number of carbonyl (C=O) groups excluding carboxylic acids is 2. The maximum Gasteiger partial charge on any atom is 0.291 e. The van der Waals surface area contributed by atoms with Gasteiger partial charge in [-0.1, -0.05) is 29.3 Å². The van der Waals surface area contributed by atoms with Gasteiger partial charge < -0.3 is 5.32 Å². The summed E-state index contributed by atoms with van der Waals surface area (Å²) in [6.07, 6.45) is 1.86. The minimum Gasteiger partial charge on any atom is -0.337 e. The number of benzene rings is 1. The van der Waals surface area contributed by atoms with Crippen LogP contribution in [0.5, 0.6) is 0 Å². The van der Waals surface area contributed by atoms with Crippen molar-refractivity contribution in [1.82, 2.24) is 29.9 Å². The normalized spacial score (nSPS) is 16.3. The smallest absolute Gasteiger partial charge is 0.291 e. The molecule has 3 heterocycles. The molecule has 1 aromatic carbocycles. The van der Waals surface area contributed by atoms with Gasteiger partial charge in [-0.15, -0.1) is 5.10 Å². The van der Waals surface area contributed by atoms with Crippen LogP contribution in [0.2, 0.25) is 10.0 Å². The molecule has 11 heteroatoms. The van der Waals surface area contributed by atoms with E-state index in [4.69, 9.17) is 23.2 Å². The third-order valence-electron chi connectivity index (χ3n) is 4.88. The van der Waals surface area contributed by atoms with Crippen LogP contribution in [0.1, 0.15) is 28.3 Å². The average molecular weight is 448 g/mol. The van der Waals surface area contributed by atoms with Gasteiger partial charge in [-0.3, -0.25) is 14.5 Å². The largest absolute Gasteiger partial charge is 0.337 e. The number of aryl methyl sites for hydroxylation is 2. The van der Waals surface area contributed by atoms with Crippen LogP contribution in [0.3, 0.4) is 0 Å². The number of hydrogen-bond donors (Lipinski definition) is 1.